The third-order valence-electron chi connectivity index (χ3n) is 3.24. The summed E-state index contributed by atoms with van der Waals surface area (Å²) < 4.78 is 0. The predicted octanol–water partition coefficient (Wildman–Crippen LogP) is 5.67. The van der Waals surface area contributed by atoms with Crippen molar-refractivity contribution < 1.29 is 5.11 Å². The first-order valence-corrected chi connectivity index (χ1v) is 7.98. The van der Waals surface area contributed by atoms with Crippen molar-refractivity contribution in [3.63, 3.8) is 0 Å². The molecule has 0 radical (unpaired) electrons. The van der Waals surface area contributed by atoms with Gasteiger partial charge in [0.2, 0.25) is 0 Å². The molecule has 2 aromatic rings. The molecule has 19 heavy (non-hydrogen) atoms. The third kappa shape index (κ3) is 3.51. The van der Waals surface area contributed by atoms with Gasteiger partial charge in [-0.3, -0.25) is 0 Å². The maximum absolute atomic E-state index is 10.5. The van der Waals surface area contributed by atoms with Crippen molar-refractivity contribution in [2.24, 2.45) is 0 Å². The summed E-state index contributed by atoms with van der Waals surface area (Å²) in [5.74, 6) is 0.0503. The molecule has 1 N–H and O–H groups in total. The average molecular weight is 315 g/mol. The predicted molar refractivity (Wildman–Crippen MR) is 83.4 cm³/mol. The minimum absolute atomic E-state index is 0.0503. The standard InChI is InChI=1S/C15H16Cl2OS/c1-2-3-12(15(18)11-6-7-19-9-11)10-4-5-13(16)14(17)8-10/h4-9,12,15,18H,2-3H2,1H3/t12-,15-/m0/s1. The minimum atomic E-state index is -0.497. The van der Waals surface area contributed by atoms with Gasteiger partial charge >= 0.3 is 0 Å². The lowest BCUT2D eigenvalue weighted by Crippen LogP contribution is -2.10. The molecule has 0 aliphatic rings. The molecule has 1 heterocycles. The lowest BCUT2D eigenvalue weighted by molar-refractivity contribution is 0.140. The van der Waals surface area contributed by atoms with Crippen LogP contribution < -0.4 is 0 Å². The van der Waals surface area contributed by atoms with Crippen LogP contribution in [0.2, 0.25) is 10.0 Å². The Morgan fingerprint density at radius 3 is 2.53 bits per heavy atom. The van der Waals surface area contributed by atoms with E-state index >= 15 is 0 Å². The second-order valence-corrected chi connectivity index (χ2v) is 6.16. The van der Waals surface area contributed by atoms with Gasteiger partial charge in [-0.2, -0.15) is 11.3 Å². The van der Waals surface area contributed by atoms with Gasteiger partial charge in [0.15, 0.2) is 0 Å². The zero-order valence-corrected chi connectivity index (χ0v) is 13.0. The minimum Gasteiger partial charge on any atom is -0.388 e. The van der Waals surface area contributed by atoms with Gasteiger partial charge in [0, 0.05) is 5.92 Å². The maximum Gasteiger partial charge on any atom is 0.0866 e. The van der Waals surface area contributed by atoms with Crippen molar-refractivity contribution in [3.05, 3.63) is 56.2 Å². The molecule has 4 heteroatoms. The van der Waals surface area contributed by atoms with Crippen LogP contribution in [0, 0.1) is 0 Å². The van der Waals surface area contributed by atoms with Crippen molar-refractivity contribution in [2.75, 3.05) is 0 Å². The van der Waals surface area contributed by atoms with Gasteiger partial charge in [-0.15, -0.1) is 0 Å². The molecule has 0 amide bonds. The van der Waals surface area contributed by atoms with Crippen LogP contribution in [0.15, 0.2) is 35.0 Å². The second-order valence-electron chi connectivity index (χ2n) is 4.57. The smallest absolute Gasteiger partial charge is 0.0866 e. The Hall–Kier alpha value is -0.540. The fourth-order valence-corrected chi connectivity index (χ4v) is 3.23. The Kier molecular flexibility index (Phi) is 5.28. The highest BCUT2D eigenvalue weighted by molar-refractivity contribution is 7.07. The SMILES string of the molecule is CCC[C@@H](c1ccc(Cl)c(Cl)c1)[C@@H](O)c1ccsc1. The van der Waals surface area contributed by atoms with E-state index in [1.54, 1.807) is 17.4 Å². The highest BCUT2D eigenvalue weighted by atomic mass is 35.5. The van der Waals surface area contributed by atoms with Crippen LogP contribution in [0.3, 0.4) is 0 Å². The van der Waals surface area contributed by atoms with Crippen LogP contribution in [0.1, 0.15) is 42.9 Å². The van der Waals surface area contributed by atoms with Gasteiger partial charge in [0.25, 0.3) is 0 Å². The monoisotopic (exact) mass is 314 g/mol. The van der Waals surface area contributed by atoms with Gasteiger partial charge < -0.3 is 5.11 Å². The number of aliphatic hydroxyl groups excluding tert-OH is 1. The molecular weight excluding hydrogens is 299 g/mol. The molecule has 1 nitrogen and oxygen atoms in total. The van der Waals surface area contributed by atoms with E-state index in [2.05, 4.69) is 6.92 Å². The van der Waals surface area contributed by atoms with Gasteiger partial charge in [-0.05, 0) is 46.5 Å². The van der Waals surface area contributed by atoms with Crippen molar-refractivity contribution in [1.82, 2.24) is 0 Å². The van der Waals surface area contributed by atoms with Gasteiger partial charge in [0.05, 0.1) is 16.1 Å². The first kappa shape index (κ1) is 14.9. The van der Waals surface area contributed by atoms with E-state index in [-0.39, 0.29) is 5.92 Å². The number of hydrogen-bond acceptors (Lipinski definition) is 2. The molecule has 0 fully saturated rings. The Morgan fingerprint density at radius 1 is 1.16 bits per heavy atom. The number of aliphatic hydroxyl groups is 1. The van der Waals surface area contributed by atoms with E-state index < -0.39 is 6.10 Å². The highest BCUT2D eigenvalue weighted by Crippen LogP contribution is 2.37. The molecular formula is C15H16Cl2OS. The molecule has 0 spiro atoms. The van der Waals surface area contributed by atoms with Gasteiger partial charge in [0.1, 0.15) is 0 Å². The van der Waals surface area contributed by atoms with Gasteiger partial charge in [-0.1, -0.05) is 42.6 Å². The summed E-state index contributed by atoms with van der Waals surface area (Å²) >= 11 is 13.6. The Morgan fingerprint density at radius 2 is 1.95 bits per heavy atom. The van der Waals surface area contributed by atoms with Crippen molar-refractivity contribution in [1.29, 1.82) is 0 Å². The zero-order chi connectivity index (χ0) is 13.8. The third-order valence-corrected chi connectivity index (χ3v) is 4.68. The normalized spacial score (nSPS) is 14.3. The number of thiophene rings is 1. The molecule has 0 aliphatic carbocycles. The molecule has 0 bridgehead atoms. The lowest BCUT2D eigenvalue weighted by Gasteiger charge is -2.23. The van der Waals surface area contributed by atoms with Crippen LogP contribution in [-0.4, -0.2) is 5.11 Å². The van der Waals surface area contributed by atoms with E-state index in [1.165, 1.54) is 0 Å². The number of rotatable bonds is 5. The van der Waals surface area contributed by atoms with Crippen molar-refractivity contribution in [2.45, 2.75) is 31.8 Å². The van der Waals surface area contributed by atoms with Crippen LogP contribution in [0.4, 0.5) is 0 Å². The van der Waals surface area contributed by atoms with Gasteiger partial charge in [-0.25, -0.2) is 0 Å². The Labute approximate surface area is 127 Å². The summed E-state index contributed by atoms with van der Waals surface area (Å²) in [5, 5.41) is 15.6. The fraction of sp³-hybridized carbons (Fsp3) is 0.333. The molecule has 0 saturated heterocycles. The van der Waals surface area contributed by atoms with Crippen LogP contribution in [0.5, 0.6) is 0 Å². The highest BCUT2D eigenvalue weighted by Gasteiger charge is 2.22. The fourth-order valence-electron chi connectivity index (χ4n) is 2.24. The molecule has 102 valence electrons. The molecule has 0 unspecified atom stereocenters. The Balaban J connectivity index is 2.31. The molecule has 0 aliphatic heterocycles. The second kappa shape index (κ2) is 6.76. The maximum atomic E-state index is 10.5. The van der Waals surface area contributed by atoms with Crippen LogP contribution >= 0.6 is 34.5 Å². The lowest BCUT2D eigenvalue weighted by atomic mass is 9.87. The number of hydrogen-bond donors (Lipinski definition) is 1. The quantitative estimate of drug-likeness (QED) is 0.753. The molecule has 0 saturated carbocycles. The van der Waals surface area contributed by atoms with E-state index in [4.69, 9.17) is 23.2 Å². The van der Waals surface area contributed by atoms with E-state index in [9.17, 15) is 5.11 Å². The van der Waals surface area contributed by atoms with E-state index in [0.29, 0.717) is 10.0 Å². The van der Waals surface area contributed by atoms with E-state index in [0.717, 1.165) is 24.0 Å². The Bertz CT molecular complexity index is 525. The van der Waals surface area contributed by atoms with Crippen LogP contribution in [0.25, 0.3) is 0 Å². The molecule has 2 atom stereocenters. The summed E-state index contributed by atoms with van der Waals surface area (Å²) in [4.78, 5) is 0. The molecule has 1 aromatic heterocycles. The summed E-state index contributed by atoms with van der Waals surface area (Å²) in [7, 11) is 0. The summed E-state index contributed by atoms with van der Waals surface area (Å²) in [6.07, 6.45) is 1.42. The van der Waals surface area contributed by atoms with Crippen LogP contribution in [-0.2, 0) is 0 Å². The average Bonchev–Trinajstić information content (AvgIpc) is 2.92. The first-order chi connectivity index (χ1) is 9.13. The van der Waals surface area contributed by atoms with E-state index in [1.807, 2.05) is 29.0 Å². The number of benzene rings is 1. The number of halogens is 2. The summed E-state index contributed by atoms with van der Waals surface area (Å²) in [6.45, 7) is 2.12. The van der Waals surface area contributed by atoms with Crippen molar-refractivity contribution >= 4 is 34.5 Å². The molecule has 1 aromatic carbocycles. The van der Waals surface area contributed by atoms with Crippen molar-refractivity contribution in [3.8, 4) is 0 Å². The topological polar surface area (TPSA) is 20.2 Å². The molecule has 2 rings (SSSR count). The summed E-state index contributed by atoms with van der Waals surface area (Å²) in [6, 6.07) is 7.57. The largest absolute Gasteiger partial charge is 0.388 e. The zero-order valence-electron chi connectivity index (χ0n) is 10.6. The first-order valence-electron chi connectivity index (χ1n) is 6.28. The summed E-state index contributed by atoms with van der Waals surface area (Å²) in [5.41, 5.74) is 2.00.